The largest absolute Gasteiger partial charge is 0.491 e. The molecule has 2 aromatic rings. The summed E-state index contributed by atoms with van der Waals surface area (Å²) < 4.78 is 5.72. The van der Waals surface area contributed by atoms with Gasteiger partial charge in [-0.2, -0.15) is 0 Å². The SMILES string of the molecule is CC(C)Oc1ccc(N)c(C(=N)c2cc(N3CC(N/C=C\C=N)C3)ncn2)c1. The Morgan fingerprint density at radius 1 is 1.32 bits per heavy atom. The van der Waals surface area contributed by atoms with Crippen molar-refractivity contribution in [1.29, 1.82) is 10.8 Å². The second-order valence-corrected chi connectivity index (χ2v) is 6.85. The minimum absolute atomic E-state index is 0.0399. The van der Waals surface area contributed by atoms with E-state index >= 15 is 0 Å². The van der Waals surface area contributed by atoms with E-state index in [-0.39, 0.29) is 11.8 Å². The topological polar surface area (TPSA) is 124 Å². The number of nitrogens with zero attached hydrogens (tertiary/aromatic N) is 3. The Morgan fingerprint density at radius 3 is 2.82 bits per heavy atom. The Hall–Kier alpha value is -3.42. The summed E-state index contributed by atoms with van der Waals surface area (Å²) in [5.74, 6) is 1.45. The Labute approximate surface area is 164 Å². The fraction of sp³-hybridized carbons (Fsp3) is 0.300. The molecule has 0 radical (unpaired) electrons. The van der Waals surface area contributed by atoms with Crippen LogP contribution in [0, 0.1) is 10.8 Å². The Kier molecular flexibility index (Phi) is 5.88. The summed E-state index contributed by atoms with van der Waals surface area (Å²) in [4.78, 5) is 10.7. The van der Waals surface area contributed by atoms with Gasteiger partial charge in [-0.3, -0.25) is 5.41 Å². The average molecular weight is 379 g/mol. The fourth-order valence-corrected chi connectivity index (χ4v) is 2.90. The zero-order valence-electron chi connectivity index (χ0n) is 16.0. The van der Waals surface area contributed by atoms with Gasteiger partial charge in [0.05, 0.1) is 23.6 Å². The number of rotatable bonds is 8. The van der Waals surface area contributed by atoms with Gasteiger partial charge < -0.3 is 26.1 Å². The van der Waals surface area contributed by atoms with Crippen molar-refractivity contribution in [2.24, 2.45) is 0 Å². The van der Waals surface area contributed by atoms with Crippen molar-refractivity contribution in [1.82, 2.24) is 15.3 Å². The minimum atomic E-state index is 0.0399. The molecule has 0 atom stereocenters. The number of ether oxygens (including phenoxy) is 1. The summed E-state index contributed by atoms with van der Waals surface area (Å²) in [5, 5.41) is 18.8. The van der Waals surface area contributed by atoms with Gasteiger partial charge in [0, 0.05) is 36.6 Å². The van der Waals surface area contributed by atoms with Gasteiger partial charge in [0.1, 0.15) is 17.9 Å². The minimum Gasteiger partial charge on any atom is -0.491 e. The second kappa shape index (κ2) is 8.51. The molecule has 1 fully saturated rings. The molecule has 3 rings (SSSR count). The summed E-state index contributed by atoms with van der Waals surface area (Å²) >= 11 is 0. The lowest BCUT2D eigenvalue weighted by Gasteiger charge is -2.40. The van der Waals surface area contributed by atoms with E-state index in [1.807, 2.05) is 13.8 Å². The van der Waals surface area contributed by atoms with Crippen molar-refractivity contribution in [2.75, 3.05) is 23.7 Å². The molecule has 0 spiro atoms. The van der Waals surface area contributed by atoms with Crippen molar-refractivity contribution in [3.05, 3.63) is 54.1 Å². The standard InChI is InChI=1S/C20H25N7O/c1-13(2)28-15-4-5-17(22)16(8-15)20(23)18-9-19(26-12-25-18)27-10-14(11-27)24-7-3-6-21/h3-9,12-14,21,23-24H,10-11,22H2,1-2H3/b7-3-,21-6?,23-20?. The highest BCUT2D eigenvalue weighted by molar-refractivity contribution is 6.13. The molecule has 1 aromatic heterocycles. The van der Waals surface area contributed by atoms with Gasteiger partial charge in [-0.15, -0.1) is 0 Å². The molecule has 2 heterocycles. The number of benzene rings is 1. The zero-order chi connectivity index (χ0) is 20.1. The van der Waals surface area contributed by atoms with Crippen LogP contribution in [0.5, 0.6) is 5.75 Å². The van der Waals surface area contributed by atoms with Crippen LogP contribution in [0.1, 0.15) is 25.1 Å². The predicted molar refractivity (Wildman–Crippen MR) is 112 cm³/mol. The molecule has 8 nitrogen and oxygen atoms in total. The average Bonchev–Trinajstić information content (AvgIpc) is 2.64. The summed E-state index contributed by atoms with van der Waals surface area (Å²) in [6, 6.07) is 7.45. The first-order valence-electron chi connectivity index (χ1n) is 9.12. The van der Waals surface area contributed by atoms with Gasteiger partial charge in [-0.05, 0) is 44.3 Å². The summed E-state index contributed by atoms with van der Waals surface area (Å²) in [6.07, 6.45) is 6.16. The lowest BCUT2D eigenvalue weighted by molar-refractivity contribution is 0.242. The molecule has 0 aliphatic carbocycles. The smallest absolute Gasteiger partial charge is 0.132 e. The normalized spacial score (nSPS) is 14.2. The Balaban J connectivity index is 1.73. The van der Waals surface area contributed by atoms with Crippen molar-refractivity contribution in [3.63, 3.8) is 0 Å². The zero-order valence-corrected chi connectivity index (χ0v) is 16.0. The highest BCUT2D eigenvalue weighted by atomic mass is 16.5. The van der Waals surface area contributed by atoms with E-state index in [1.54, 1.807) is 36.5 Å². The number of nitrogen functional groups attached to an aromatic ring is 1. The van der Waals surface area contributed by atoms with Crippen LogP contribution in [0.15, 0.2) is 42.9 Å². The lowest BCUT2D eigenvalue weighted by atomic mass is 10.0. The number of nitrogens with one attached hydrogen (secondary N) is 3. The molecule has 1 aromatic carbocycles. The van der Waals surface area contributed by atoms with Crippen LogP contribution >= 0.6 is 0 Å². The number of anilines is 2. The maximum absolute atomic E-state index is 8.57. The van der Waals surface area contributed by atoms with Gasteiger partial charge in [0.25, 0.3) is 0 Å². The molecule has 0 bridgehead atoms. The van der Waals surface area contributed by atoms with E-state index in [2.05, 4.69) is 20.2 Å². The van der Waals surface area contributed by atoms with Crippen LogP contribution < -0.4 is 20.7 Å². The predicted octanol–water partition coefficient (Wildman–Crippen LogP) is 2.20. The maximum Gasteiger partial charge on any atom is 0.132 e. The molecule has 0 saturated carbocycles. The van der Waals surface area contributed by atoms with E-state index in [9.17, 15) is 0 Å². The first kappa shape index (κ1) is 19.3. The van der Waals surface area contributed by atoms with Gasteiger partial charge in [-0.1, -0.05) is 0 Å². The van der Waals surface area contributed by atoms with E-state index < -0.39 is 0 Å². The molecule has 146 valence electrons. The first-order chi connectivity index (χ1) is 13.5. The van der Waals surface area contributed by atoms with Crippen molar-refractivity contribution in [2.45, 2.75) is 26.0 Å². The molecule has 5 N–H and O–H groups in total. The summed E-state index contributed by atoms with van der Waals surface area (Å²) in [7, 11) is 0. The van der Waals surface area contributed by atoms with Gasteiger partial charge in [0.15, 0.2) is 0 Å². The van der Waals surface area contributed by atoms with Crippen LogP contribution in [0.3, 0.4) is 0 Å². The third-order valence-electron chi connectivity index (χ3n) is 4.30. The van der Waals surface area contributed by atoms with Gasteiger partial charge >= 0.3 is 0 Å². The molecular formula is C20H25N7O. The fourth-order valence-electron chi connectivity index (χ4n) is 2.90. The third kappa shape index (κ3) is 4.46. The van der Waals surface area contributed by atoms with Crippen molar-refractivity contribution in [3.8, 4) is 5.75 Å². The van der Waals surface area contributed by atoms with Crippen LogP contribution in [0.4, 0.5) is 11.5 Å². The molecule has 1 aliphatic heterocycles. The highest BCUT2D eigenvalue weighted by Gasteiger charge is 2.27. The number of allylic oxidation sites excluding steroid dienone is 1. The third-order valence-corrected chi connectivity index (χ3v) is 4.30. The van der Waals surface area contributed by atoms with E-state index in [0.717, 1.165) is 18.9 Å². The van der Waals surface area contributed by atoms with E-state index in [1.165, 1.54) is 12.5 Å². The molecule has 1 saturated heterocycles. The molecule has 1 aliphatic rings. The molecule has 0 amide bonds. The second-order valence-electron chi connectivity index (χ2n) is 6.85. The van der Waals surface area contributed by atoms with Crippen LogP contribution in [-0.2, 0) is 0 Å². The van der Waals surface area contributed by atoms with Crippen LogP contribution in [0.2, 0.25) is 0 Å². The maximum atomic E-state index is 8.57. The molecule has 0 unspecified atom stereocenters. The highest BCUT2D eigenvalue weighted by Crippen LogP contribution is 2.25. The van der Waals surface area contributed by atoms with Crippen molar-refractivity contribution >= 4 is 23.4 Å². The molecular weight excluding hydrogens is 354 g/mol. The lowest BCUT2D eigenvalue weighted by Crippen LogP contribution is -2.57. The number of nitrogens with two attached hydrogens (primary N) is 1. The summed E-state index contributed by atoms with van der Waals surface area (Å²) in [6.45, 7) is 5.50. The molecule has 28 heavy (non-hydrogen) atoms. The van der Waals surface area contributed by atoms with Gasteiger partial charge in [0.2, 0.25) is 0 Å². The number of hydrogen-bond donors (Lipinski definition) is 4. The Bertz CT molecular complexity index is 888. The quantitative estimate of drug-likeness (QED) is 0.412. The van der Waals surface area contributed by atoms with E-state index in [4.69, 9.17) is 21.3 Å². The monoisotopic (exact) mass is 379 g/mol. The van der Waals surface area contributed by atoms with Gasteiger partial charge in [-0.25, -0.2) is 9.97 Å². The number of hydrogen-bond acceptors (Lipinski definition) is 8. The van der Waals surface area contributed by atoms with Crippen LogP contribution in [0.25, 0.3) is 0 Å². The Morgan fingerprint density at radius 2 is 2.11 bits per heavy atom. The van der Waals surface area contributed by atoms with E-state index in [0.29, 0.717) is 28.7 Å². The summed E-state index contributed by atoms with van der Waals surface area (Å²) in [5.41, 5.74) is 7.93. The first-order valence-corrected chi connectivity index (χ1v) is 9.12. The molecule has 8 heteroatoms. The van der Waals surface area contributed by atoms with Crippen LogP contribution in [-0.4, -0.2) is 47.1 Å². The number of aromatic nitrogens is 2. The van der Waals surface area contributed by atoms with Crippen molar-refractivity contribution < 1.29 is 4.74 Å².